The fourth-order valence-electron chi connectivity index (χ4n) is 1.15. The number of benzene rings is 1. The summed E-state index contributed by atoms with van der Waals surface area (Å²) < 4.78 is 37.1. The lowest BCUT2D eigenvalue weighted by Gasteiger charge is -2.05. The van der Waals surface area contributed by atoms with Crippen LogP contribution in [-0.2, 0) is 6.18 Å². The van der Waals surface area contributed by atoms with Crippen LogP contribution in [0, 0.1) is 0 Å². The molecule has 0 spiro atoms. The highest BCUT2D eigenvalue weighted by atomic mass is 19.4. The monoisotopic (exact) mass is 281 g/mol. The van der Waals surface area contributed by atoms with Gasteiger partial charge >= 0.3 is 6.18 Å². The Balaban J connectivity index is 2.69. The van der Waals surface area contributed by atoms with Gasteiger partial charge in [0.1, 0.15) is 0 Å². The van der Waals surface area contributed by atoms with E-state index in [4.69, 9.17) is 0 Å². The van der Waals surface area contributed by atoms with Crippen molar-refractivity contribution in [3.63, 3.8) is 0 Å². The number of rotatable bonds is 5. The van der Waals surface area contributed by atoms with Gasteiger partial charge < -0.3 is 5.32 Å². The van der Waals surface area contributed by atoms with Crippen LogP contribution in [0.2, 0.25) is 0 Å². The molecule has 0 radical (unpaired) electrons. The van der Waals surface area contributed by atoms with Gasteiger partial charge in [0.25, 0.3) is 0 Å². The van der Waals surface area contributed by atoms with Crippen LogP contribution in [-0.4, -0.2) is 7.05 Å². The summed E-state index contributed by atoms with van der Waals surface area (Å²) in [6, 6.07) is 4.40. The molecule has 0 saturated heterocycles. The zero-order chi connectivity index (χ0) is 15.2. The van der Waals surface area contributed by atoms with Gasteiger partial charge in [0, 0.05) is 12.7 Å². The van der Waals surface area contributed by atoms with Gasteiger partial charge in [-0.3, -0.25) is 0 Å². The predicted octanol–water partition coefficient (Wildman–Crippen LogP) is 4.59. The number of alkyl halides is 3. The first-order valence-electron chi connectivity index (χ1n) is 5.65. The van der Waals surface area contributed by atoms with Gasteiger partial charge in [-0.2, -0.15) is 23.4 Å². The quantitative estimate of drug-likeness (QED) is 0.622. The molecule has 0 bridgehead atoms. The molecule has 3 nitrogen and oxygen atoms in total. The van der Waals surface area contributed by atoms with Crippen molar-refractivity contribution in [3.05, 3.63) is 66.5 Å². The minimum Gasteiger partial charge on any atom is -0.389 e. The molecule has 1 rings (SSSR count). The molecule has 20 heavy (non-hydrogen) atoms. The lowest BCUT2D eigenvalue weighted by molar-refractivity contribution is -0.137. The third-order valence-electron chi connectivity index (χ3n) is 2.29. The second-order valence-electron chi connectivity index (χ2n) is 3.84. The fourth-order valence-corrected chi connectivity index (χ4v) is 1.15. The highest BCUT2D eigenvalue weighted by Crippen LogP contribution is 2.30. The maximum atomic E-state index is 12.4. The Morgan fingerprint density at radius 2 is 1.75 bits per heavy atom. The van der Waals surface area contributed by atoms with E-state index in [-0.39, 0.29) is 0 Å². The summed E-state index contributed by atoms with van der Waals surface area (Å²) in [5.41, 5.74) is 0.637. The van der Waals surface area contributed by atoms with Gasteiger partial charge in [-0.1, -0.05) is 13.2 Å². The molecule has 0 aromatic heterocycles. The highest BCUT2D eigenvalue weighted by molar-refractivity contribution is 5.39. The Morgan fingerprint density at radius 3 is 2.25 bits per heavy atom. The van der Waals surface area contributed by atoms with E-state index in [0.717, 1.165) is 12.1 Å². The second-order valence-corrected chi connectivity index (χ2v) is 3.84. The summed E-state index contributed by atoms with van der Waals surface area (Å²) in [5, 5.41) is 10.4. The molecule has 0 amide bonds. The van der Waals surface area contributed by atoms with Gasteiger partial charge in [-0.05, 0) is 36.4 Å². The fraction of sp³-hybridized carbons (Fsp3) is 0.143. The van der Waals surface area contributed by atoms with E-state index in [1.165, 1.54) is 12.1 Å². The molecule has 0 heterocycles. The summed E-state index contributed by atoms with van der Waals surface area (Å²) in [5.74, 6) is 0. The predicted molar refractivity (Wildman–Crippen MR) is 72.4 cm³/mol. The van der Waals surface area contributed by atoms with Crippen LogP contribution in [0.4, 0.5) is 18.9 Å². The van der Waals surface area contributed by atoms with Crippen molar-refractivity contribution < 1.29 is 13.2 Å². The van der Waals surface area contributed by atoms with Crippen LogP contribution in [0.1, 0.15) is 5.56 Å². The first-order valence-corrected chi connectivity index (χ1v) is 5.65. The van der Waals surface area contributed by atoms with E-state index in [9.17, 15) is 13.2 Å². The van der Waals surface area contributed by atoms with E-state index in [0.29, 0.717) is 17.1 Å². The topological polar surface area (TPSA) is 36.8 Å². The van der Waals surface area contributed by atoms with E-state index in [1.807, 2.05) is 0 Å². The molecule has 0 aliphatic heterocycles. The normalized spacial score (nSPS) is 12.0. The molecule has 0 aliphatic rings. The van der Waals surface area contributed by atoms with Gasteiger partial charge in [-0.15, -0.1) is 0 Å². The average Bonchev–Trinajstić information content (AvgIpc) is 2.41. The van der Waals surface area contributed by atoms with Gasteiger partial charge in [-0.25, -0.2) is 0 Å². The minimum atomic E-state index is -4.35. The number of azo groups is 1. The van der Waals surface area contributed by atoms with Crippen molar-refractivity contribution in [2.45, 2.75) is 6.18 Å². The van der Waals surface area contributed by atoms with Crippen molar-refractivity contribution >= 4 is 5.69 Å². The Labute approximate surface area is 115 Å². The van der Waals surface area contributed by atoms with Crippen LogP contribution in [0.15, 0.2) is 71.2 Å². The van der Waals surface area contributed by atoms with Crippen molar-refractivity contribution in [2.24, 2.45) is 10.2 Å². The van der Waals surface area contributed by atoms with Crippen LogP contribution < -0.4 is 5.32 Å². The van der Waals surface area contributed by atoms with Gasteiger partial charge in [0.05, 0.1) is 16.9 Å². The molecule has 0 atom stereocenters. The number of halogens is 3. The minimum absolute atomic E-state index is 0.319. The summed E-state index contributed by atoms with van der Waals surface area (Å²) in [4.78, 5) is 0. The zero-order valence-corrected chi connectivity index (χ0v) is 10.9. The Kier molecular flexibility index (Phi) is 5.25. The van der Waals surface area contributed by atoms with Crippen LogP contribution >= 0.6 is 0 Å². The molecule has 0 aliphatic carbocycles. The van der Waals surface area contributed by atoms with Crippen LogP contribution in [0.25, 0.3) is 0 Å². The van der Waals surface area contributed by atoms with Crippen molar-refractivity contribution in [2.75, 3.05) is 7.05 Å². The molecule has 0 saturated carbocycles. The molecule has 0 fully saturated rings. The number of hydrogen-bond donors (Lipinski definition) is 1. The number of nitrogens with one attached hydrogen (secondary N) is 1. The van der Waals surface area contributed by atoms with E-state index < -0.39 is 11.7 Å². The first kappa shape index (κ1) is 15.7. The molecule has 1 N–H and O–H groups in total. The Hall–Kier alpha value is -2.37. The van der Waals surface area contributed by atoms with Crippen molar-refractivity contribution in [1.29, 1.82) is 0 Å². The van der Waals surface area contributed by atoms with Crippen LogP contribution in [0.5, 0.6) is 0 Å². The lowest BCUT2D eigenvalue weighted by Crippen LogP contribution is -2.03. The number of likely N-dealkylation sites (N-methyl/N-ethyl adjacent to an activating group) is 1. The second kappa shape index (κ2) is 6.70. The Morgan fingerprint density at radius 1 is 1.15 bits per heavy atom. The van der Waals surface area contributed by atoms with E-state index >= 15 is 0 Å². The highest BCUT2D eigenvalue weighted by Gasteiger charge is 2.29. The van der Waals surface area contributed by atoms with Crippen molar-refractivity contribution in [1.82, 2.24) is 5.32 Å². The summed E-state index contributed by atoms with van der Waals surface area (Å²) in [6.07, 6.45) is -1.10. The third kappa shape index (κ3) is 5.09. The maximum absolute atomic E-state index is 12.4. The molecule has 1 aromatic carbocycles. The largest absolute Gasteiger partial charge is 0.416 e. The smallest absolute Gasteiger partial charge is 0.389 e. The standard InChI is InChI=1S/C14H14F3N3/c1-10(18-3)4-5-11(2)19-20-13-8-6-12(7-9-13)14(15,16)17/h4-9,18H,1-2H2,3H3/b5-4-,20-19?. The van der Waals surface area contributed by atoms with Gasteiger partial charge in [0.15, 0.2) is 0 Å². The molecule has 6 heteroatoms. The molecule has 1 aromatic rings. The summed E-state index contributed by atoms with van der Waals surface area (Å²) >= 11 is 0. The number of hydrogen-bond acceptors (Lipinski definition) is 3. The molecule has 106 valence electrons. The van der Waals surface area contributed by atoms with Gasteiger partial charge in [0.2, 0.25) is 0 Å². The van der Waals surface area contributed by atoms with E-state index in [1.54, 1.807) is 19.2 Å². The maximum Gasteiger partial charge on any atom is 0.416 e. The SMILES string of the molecule is C=C(/C=C\C(=C)NC)N=Nc1ccc(C(F)(F)F)cc1. The average molecular weight is 281 g/mol. The lowest BCUT2D eigenvalue weighted by atomic mass is 10.2. The Bertz CT molecular complexity index is 540. The summed E-state index contributed by atoms with van der Waals surface area (Å²) in [6.45, 7) is 7.31. The van der Waals surface area contributed by atoms with Crippen LogP contribution in [0.3, 0.4) is 0 Å². The molecular weight excluding hydrogens is 267 g/mol. The molecule has 0 unspecified atom stereocenters. The zero-order valence-electron chi connectivity index (χ0n) is 10.9. The third-order valence-corrected chi connectivity index (χ3v) is 2.29. The number of allylic oxidation sites excluding steroid dienone is 2. The van der Waals surface area contributed by atoms with E-state index in [2.05, 4.69) is 28.7 Å². The van der Waals surface area contributed by atoms with Crippen molar-refractivity contribution in [3.8, 4) is 0 Å². The number of nitrogens with zero attached hydrogens (tertiary/aromatic N) is 2. The first-order chi connectivity index (χ1) is 9.32. The molecular formula is C14H14F3N3. The summed E-state index contributed by atoms with van der Waals surface area (Å²) in [7, 11) is 1.72.